The Morgan fingerprint density at radius 3 is 2.50 bits per heavy atom. The summed E-state index contributed by atoms with van der Waals surface area (Å²) in [4.78, 5) is 23.3. The predicted molar refractivity (Wildman–Crippen MR) is 99.5 cm³/mol. The number of rotatable bonds is 5. The second-order valence-corrected chi connectivity index (χ2v) is 6.49. The summed E-state index contributed by atoms with van der Waals surface area (Å²) in [5.74, 6) is 0.682. The van der Waals surface area contributed by atoms with Crippen LogP contribution in [0.25, 0.3) is 0 Å². The Morgan fingerprint density at radius 1 is 1.32 bits per heavy atom. The molecule has 28 heavy (non-hydrogen) atoms. The number of nitrogens with one attached hydrogen (secondary N) is 1. The molecular formula is C17H23ClF3N5O2. The number of nitrogens with zero attached hydrogens (tertiary/aromatic N) is 4. The lowest BCUT2D eigenvalue weighted by atomic mass is 10.3. The highest BCUT2D eigenvalue weighted by molar-refractivity contribution is 6.31. The molecule has 1 aromatic rings. The first-order valence-corrected chi connectivity index (χ1v) is 9.24. The van der Waals surface area contributed by atoms with Crippen LogP contribution in [0.2, 0.25) is 5.02 Å². The zero-order valence-corrected chi connectivity index (χ0v) is 16.5. The number of piperazine rings is 1. The fourth-order valence-electron chi connectivity index (χ4n) is 2.64. The van der Waals surface area contributed by atoms with Gasteiger partial charge in [0, 0.05) is 45.8 Å². The molecule has 1 aliphatic rings. The quantitative estimate of drug-likeness (QED) is 0.448. The molecule has 0 atom stereocenters. The third-order valence-electron chi connectivity index (χ3n) is 4.09. The predicted octanol–water partition coefficient (Wildman–Crippen LogP) is 2.26. The Balaban J connectivity index is 1.90. The van der Waals surface area contributed by atoms with Gasteiger partial charge in [0.25, 0.3) is 0 Å². The number of pyridine rings is 1. The van der Waals surface area contributed by atoms with Crippen molar-refractivity contribution in [3.05, 3.63) is 22.8 Å². The number of aliphatic imine (C=N–C) groups is 1. The number of carbonyl (C=O) groups excluding carboxylic acids is 1. The molecule has 0 aliphatic carbocycles. The second-order valence-electron chi connectivity index (χ2n) is 6.09. The summed E-state index contributed by atoms with van der Waals surface area (Å²) in [5, 5.41) is 2.98. The molecule has 0 unspecified atom stereocenters. The van der Waals surface area contributed by atoms with Gasteiger partial charge in [-0.1, -0.05) is 11.6 Å². The molecule has 2 heterocycles. The maximum absolute atomic E-state index is 12.6. The third-order valence-corrected chi connectivity index (χ3v) is 4.36. The molecule has 1 amide bonds. The Kier molecular flexibility index (Phi) is 7.73. The minimum absolute atomic E-state index is 0.0518. The fourth-order valence-corrected chi connectivity index (χ4v) is 2.86. The molecule has 2 rings (SSSR count). The van der Waals surface area contributed by atoms with Gasteiger partial charge in [0.2, 0.25) is 11.8 Å². The van der Waals surface area contributed by atoms with Crippen molar-refractivity contribution < 1.29 is 22.7 Å². The van der Waals surface area contributed by atoms with Gasteiger partial charge in [-0.25, -0.2) is 9.98 Å². The molecular weight excluding hydrogens is 399 g/mol. The molecule has 11 heteroatoms. The Morgan fingerprint density at radius 2 is 1.96 bits per heavy atom. The number of hydrogen-bond donors (Lipinski definition) is 1. The summed E-state index contributed by atoms with van der Waals surface area (Å²) in [6.07, 6.45) is -3.82. The van der Waals surface area contributed by atoms with E-state index in [9.17, 15) is 18.0 Å². The van der Waals surface area contributed by atoms with E-state index in [4.69, 9.17) is 16.3 Å². The van der Waals surface area contributed by atoms with Crippen LogP contribution < -0.4 is 10.1 Å². The second kappa shape index (κ2) is 9.81. The first kappa shape index (κ1) is 22.1. The molecule has 156 valence electrons. The van der Waals surface area contributed by atoms with Crippen LogP contribution in [0.5, 0.6) is 5.88 Å². The number of aromatic nitrogens is 1. The van der Waals surface area contributed by atoms with Gasteiger partial charge in [-0.05, 0) is 13.0 Å². The standard InChI is InChI=1S/C17H23ClF3N5O2/c1-3-22-16(26-7-5-25(6-8-26)12(2)27)23-4-9-28-15-14(18)10-13(11-24-15)17(19,20)21/h10-11H,3-9H2,1-2H3,(H,22,23). The number of hydrogen-bond acceptors (Lipinski definition) is 4. The number of amides is 1. The molecule has 1 fully saturated rings. The Labute approximate surface area is 166 Å². The minimum Gasteiger partial charge on any atom is -0.475 e. The molecule has 0 spiro atoms. The van der Waals surface area contributed by atoms with Gasteiger partial charge in [-0.3, -0.25) is 4.79 Å². The summed E-state index contributed by atoms with van der Waals surface area (Å²) in [6, 6.07) is 0.783. The van der Waals surface area contributed by atoms with Crippen LogP contribution in [0, 0.1) is 0 Å². The maximum Gasteiger partial charge on any atom is 0.417 e. The van der Waals surface area contributed by atoms with Crippen LogP contribution in [0.1, 0.15) is 19.4 Å². The van der Waals surface area contributed by atoms with Gasteiger partial charge in [0.15, 0.2) is 5.96 Å². The van der Waals surface area contributed by atoms with Crippen molar-refractivity contribution in [3.8, 4) is 5.88 Å². The lowest BCUT2D eigenvalue weighted by Crippen LogP contribution is -2.53. The highest BCUT2D eigenvalue weighted by atomic mass is 35.5. The van der Waals surface area contributed by atoms with Gasteiger partial charge < -0.3 is 19.9 Å². The van der Waals surface area contributed by atoms with Gasteiger partial charge in [0.1, 0.15) is 11.6 Å². The average molecular weight is 422 g/mol. The molecule has 0 saturated carbocycles. The molecule has 1 N–H and O–H groups in total. The summed E-state index contributed by atoms with van der Waals surface area (Å²) in [7, 11) is 0. The highest BCUT2D eigenvalue weighted by Gasteiger charge is 2.31. The maximum atomic E-state index is 12.6. The number of carbonyl (C=O) groups is 1. The van der Waals surface area contributed by atoms with Crippen molar-refractivity contribution in [2.75, 3.05) is 45.9 Å². The molecule has 7 nitrogen and oxygen atoms in total. The van der Waals surface area contributed by atoms with Crippen molar-refractivity contribution >= 4 is 23.5 Å². The van der Waals surface area contributed by atoms with E-state index in [2.05, 4.69) is 15.3 Å². The van der Waals surface area contributed by atoms with E-state index in [1.54, 1.807) is 11.8 Å². The van der Waals surface area contributed by atoms with E-state index in [1.807, 2.05) is 11.8 Å². The van der Waals surface area contributed by atoms with Gasteiger partial charge in [0.05, 0.1) is 12.1 Å². The van der Waals surface area contributed by atoms with Crippen LogP contribution in [-0.4, -0.2) is 72.5 Å². The Hall–Kier alpha value is -2.23. The molecule has 1 saturated heterocycles. The lowest BCUT2D eigenvalue weighted by Gasteiger charge is -2.36. The van der Waals surface area contributed by atoms with E-state index in [-0.39, 0.29) is 30.0 Å². The van der Waals surface area contributed by atoms with Crippen molar-refractivity contribution in [1.82, 2.24) is 20.1 Å². The summed E-state index contributed by atoms with van der Waals surface area (Å²) >= 11 is 5.81. The summed E-state index contributed by atoms with van der Waals surface area (Å²) in [6.45, 7) is 7.14. The van der Waals surface area contributed by atoms with Crippen molar-refractivity contribution in [2.45, 2.75) is 20.0 Å². The van der Waals surface area contributed by atoms with Crippen LogP contribution in [-0.2, 0) is 11.0 Å². The van der Waals surface area contributed by atoms with Crippen molar-refractivity contribution in [1.29, 1.82) is 0 Å². The zero-order valence-electron chi connectivity index (χ0n) is 15.7. The van der Waals surface area contributed by atoms with E-state index >= 15 is 0 Å². The number of ether oxygens (including phenoxy) is 1. The van der Waals surface area contributed by atoms with Crippen LogP contribution >= 0.6 is 11.6 Å². The molecule has 0 radical (unpaired) electrons. The average Bonchev–Trinajstić information content (AvgIpc) is 2.64. The SMILES string of the molecule is CCNC(=NCCOc1ncc(C(F)(F)F)cc1Cl)N1CCN(C(C)=O)CC1. The van der Waals surface area contributed by atoms with Gasteiger partial charge in [-0.15, -0.1) is 0 Å². The first-order valence-electron chi connectivity index (χ1n) is 8.86. The van der Waals surface area contributed by atoms with Crippen LogP contribution in [0.3, 0.4) is 0 Å². The van der Waals surface area contributed by atoms with Crippen molar-refractivity contribution in [2.24, 2.45) is 4.99 Å². The molecule has 1 aromatic heterocycles. The third kappa shape index (κ3) is 6.15. The summed E-state index contributed by atoms with van der Waals surface area (Å²) in [5.41, 5.74) is -0.929. The smallest absolute Gasteiger partial charge is 0.417 e. The molecule has 0 aromatic carbocycles. The van der Waals surface area contributed by atoms with Gasteiger partial charge in [-0.2, -0.15) is 13.2 Å². The topological polar surface area (TPSA) is 70.1 Å². The van der Waals surface area contributed by atoms with E-state index in [1.165, 1.54) is 0 Å². The summed E-state index contributed by atoms with van der Waals surface area (Å²) < 4.78 is 43.2. The largest absolute Gasteiger partial charge is 0.475 e. The fraction of sp³-hybridized carbons (Fsp3) is 0.588. The van der Waals surface area contributed by atoms with Gasteiger partial charge >= 0.3 is 6.18 Å². The van der Waals surface area contributed by atoms with Crippen molar-refractivity contribution in [3.63, 3.8) is 0 Å². The van der Waals surface area contributed by atoms with E-state index in [0.29, 0.717) is 44.9 Å². The lowest BCUT2D eigenvalue weighted by molar-refractivity contribution is -0.137. The molecule has 1 aliphatic heterocycles. The Bertz CT molecular complexity index is 707. The first-order chi connectivity index (χ1) is 13.2. The number of halogens is 4. The zero-order chi connectivity index (χ0) is 20.7. The van der Waals surface area contributed by atoms with E-state index in [0.717, 1.165) is 6.07 Å². The van der Waals surface area contributed by atoms with E-state index < -0.39 is 11.7 Å². The van der Waals surface area contributed by atoms with Crippen LogP contribution in [0.15, 0.2) is 17.3 Å². The minimum atomic E-state index is -4.51. The van der Waals surface area contributed by atoms with Crippen LogP contribution in [0.4, 0.5) is 13.2 Å². The molecule has 0 bridgehead atoms. The monoisotopic (exact) mass is 421 g/mol. The number of guanidine groups is 1. The normalized spacial score (nSPS) is 15.6. The number of alkyl halides is 3. The highest BCUT2D eigenvalue weighted by Crippen LogP contribution is 2.32.